The van der Waals surface area contributed by atoms with Crippen molar-refractivity contribution < 1.29 is 9.72 Å². The van der Waals surface area contributed by atoms with Gasteiger partial charge >= 0.3 is 5.69 Å². The first-order valence-corrected chi connectivity index (χ1v) is 4.74. The minimum Gasteiger partial charge on any atom is -0.346 e. The van der Waals surface area contributed by atoms with E-state index in [1.54, 1.807) is 20.8 Å². The summed E-state index contributed by atoms with van der Waals surface area (Å²) in [5.74, 6) is -0.552. The molecule has 1 aromatic rings. The van der Waals surface area contributed by atoms with Crippen molar-refractivity contribution >= 4 is 11.6 Å². The minimum absolute atomic E-state index is 0.183. The summed E-state index contributed by atoms with van der Waals surface area (Å²) in [4.78, 5) is 21.8. The normalized spacial score (nSPS) is 11.2. The number of carbonyl (C=O) groups is 1. The molecule has 0 aliphatic rings. The molecule has 0 aliphatic heterocycles. The molecule has 0 radical (unpaired) electrons. The number of aryl methyl sites for hydroxylation is 1. The molecule has 7 nitrogen and oxygen atoms in total. The molecular formula is C9H14N4O3. The number of amides is 1. The smallest absolute Gasteiger partial charge is 0.322 e. The molecule has 1 amide bonds. The molecule has 0 bridgehead atoms. The maximum atomic E-state index is 11.7. The third-order valence-corrected chi connectivity index (χ3v) is 1.80. The van der Waals surface area contributed by atoms with Crippen molar-refractivity contribution in [2.45, 2.75) is 33.2 Å². The molecule has 0 atom stereocenters. The van der Waals surface area contributed by atoms with Gasteiger partial charge in [-0.1, -0.05) is 0 Å². The number of aromatic nitrogens is 2. The van der Waals surface area contributed by atoms with Gasteiger partial charge < -0.3 is 5.32 Å². The first kappa shape index (κ1) is 12.2. The summed E-state index contributed by atoms with van der Waals surface area (Å²) in [6.07, 6.45) is 0. The summed E-state index contributed by atoms with van der Waals surface area (Å²) in [6, 6.07) is 0. The molecular weight excluding hydrogens is 212 g/mol. The van der Waals surface area contributed by atoms with Gasteiger partial charge in [0.25, 0.3) is 5.91 Å². The van der Waals surface area contributed by atoms with Crippen molar-refractivity contribution in [2.75, 3.05) is 0 Å². The van der Waals surface area contributed by atoms with Crippen LogP contribution >= 0.6 is 0 Å². The Hall–Kier alpha value is -1.92. The fourth-order valence-electron chi connectivity index (χ4n) is 1.20. The topological polar surface area (TPSA) is 101 Å². The number of nitrogens with one attached hydrogen (secondary N) is 2. The summed E-state index contributed by atoms with van der Waals surface area (Å²) in [7, 11) is 0. The maximum absolute atomic E-state index is 11.7. The van der Waals surface area contributed by atoms with E-state index in [-0.39, 0.29) is 17.1 Å². The second kappa shape index (κ2) is 3.92. The van der Waals surface area contributed by atoms with Crippen molar-refractivity contribution in [1.82, 2.24) is 15.5 Å². The summed E-state index contributed by atoms with van der Waals surface area (Å²) in [6.45, 7) is 6.86. The van der Waals surface area contributed by atoms with Gasteiger partial charge in [0.05, 0.1) is 4.92 Å². The number of rotatable bonds is 2. The summed E-state index contributed by atoms with van der Waals surface area (Å²) >= 11 is 0. The fraction of sp³-hybridized carbons (Fsp3) is 0.556. The molecule has 0 aromatic carbocycles. The highest BCUT2D eigenvalue weighted by Crippen LogP contribution is 2.20. The first-order valence-electron chi connectivity index (χ1n) is 4.74. The van der Waals surface area contributed by atoms with Crippen LogP contribution in [0.2, 0.25) is 0 Å². The van der Waals surface area contributed by atoms with Gasteiger partial charge in [0.15, 0.2) is 0 Å². The molecule has 0 saturated carbocycles. The Bertz CT molecular complexity index is 430. The third kappa shape index (κ3) is 2.56. The molecule has 1 heterocycles. The predicted octanol–water partition coefficient (Wildman–Crippen LogP) is 1.15. The fourth-order valence-corrected chi connectivity index (χ4v) is 1.20. The summed E-state index contributed by atoms with van der Waals surface area (Å²) in [5, 5.41) is 19.4. The van der Waals surface area contributed by atoms with Gasteiger partial charge in [0.1, 0.15) is 5.69 Å². The van der Waals surface area contributed by atoms with E-state index in [1.165, 1.54) is 6.92 Å². The van der Waals surface area contributed by atoms with Gasteiger partial charge in [-0.15, -0.1) is 0 Å². The van der Waals surface area contributed by atoms with Crippen molar-refractivity contribution in [3.05, 3.63) is 21.5 Å². The Morgan fingerprint density at radius 3 is 2.50 bits per heavy atom. The van der Waals surface area contributed by atoms with Crippen LogP contribution in [0.1, 0.15) is 37.0 Å². The van der Waals surface area contributed by atoms with Gasteiger partial charge in [-0.2, -0.15) is 5.10 Å². The maximum Gasteiger partial charge on any atom is 0.322 e. The number of hydrogen-bond acceptors (Lipinski definition) is 4. The van der Waals surface area contributed by atoms with Crippen LogP contribution in [0.25, 0.3) is 0 Å². The SMILES string of the molecule is Cc1[nH]nc(C(=O)NC(C)(C)C)c1[N+](=O)[O-]. The zero-order valence-corrected chi connectivity index (χ0v) is 9.62. The number of hydrogen-bond donors (Lipinski definition) is 2. The van der Waals surface area contributed by atoms with Gasteiger partial charge in [0.2, 0.25) is 5.69 Å². The highest BCUT2D eigenvalue weighted by molar-refractivity contribution is 5.96. The molecule has 0 spiro atoms. The molecule has 1 aromatic heterocycles. The van der Waals surface area contributed by atoms with E-state index in [0.29, 0.717) is 0 Å². The van der Waals surface area contributed by atoms with Crippen LogP contribution in [-0.2, 0) is 0 Å². The van der Waals surface area contributed by atoms with E-state index in [1.807, 2.05) is 0 Å². The molecule has 88 valence electrons. The zero-order valence-electron chi connectivity index (χ0n) is 9.62. The Morgan fingerprint density at radius 2 is 2.06 bits per heavy atom. The average Bonchev–Trinajstić information content (AvgIpc) is 2.43. The number of nitro groups is 1. The highest BCUT2D eigenvalue weighted by Gasteiger charge is 2.28. The lowest BCUT2D eigenvalue weighted by molar-refractivity contribution is -0.385. The number of H-pyrrole nitrogens is 1. The van der Waals surface area contributed by atoms with Gasteiger partial charge in [-0.25, -0.2) is 0 Å². The highest BCUT2D eigenvalue weighted by atomic mass is 16.6. The summed E-state index contributed by atoms with van der Waals surface area (Å²) < 4.78 is 0. The largest absolute Gasteiger partial charge is 0.346 e. The molecule has 0 unspecified atom stereocenters. The average molecular weight is 226 g/mol. The molecule has 7 heteroatoms. The summed E-state index contributed by atoms with van der Waals surface area (Å²) in [5.41, 5.74) is -0.652. The molecule has 2 N–H and O–H groups in total. The lowest BCUT2D eigenvalue weighted by Crippen LogP contribution is -2.41. The first-order chi connectivity index (χ1) is 7.22. The molecule has 0 fully saturated rings. The second-order valence-electron chi connectivity index (χ2n) is 4.51. The van der Waals surface area contributed by atoms with Crippen molar-refractivity contribution in [3.63, 3.8) is 0 Å². The van der Waals surface area contributed by atoms with Gasteiger partial charge in [-0.3, -0.25) is 20.0 Å². The van der Waals surface area contributed by atoms with Gasteiger partial charge in [-0.05, 0) is 27.7 Å². The Labute approximate surface area is 92.4 Å². The lowest BCUT2D eigenvalue weighted by Gasteiger charge is -2.19. The quantitative estimate of drug-likeness (QED) is 0.583. The predicted molar refractivity (Wildman–Crippen MR) is 57.2 cm³/mol. The van der Waals surface area contributed by atoms with Crippen molar-refractivity contribution in [1.29, 1.82) is 0 Å². The Morgan fingerprint density at radius 1 is 1.50 bits per heavy atom. The molecule has 1 rings (SSSR count). The van der Waals surface area contributed by atoms with E-state index < -0.39 is 16.4 Å². The number of nitrogens with zero attached hydrogens (tertiary/aromatic N) is 2. The zero-order chi connectivity index (χ0) is 12.5. The van der Waals surface area contributed by atoms with E-state index >= 15 is 0 Å². The van der Waals surface area contributed by atoms with E-state index in [9.17, 15) is 14.9 Å². The van der Waals surface area contributed by atoms with Gasteiger partial charge in [0, 0.05) is 5.54 Å². The van der Waals surface area contributed by atoms with Crippen LogP contribution in [0, 0.1) is 17.0 Å². The molecule has 0 aliphatic carbocycles. The molecule has 16 heavy (non-hydrogen) atoms. The number of aromatic amines is 1. The van der Waals surface area contributed by atoms with Crippen LogP contribution in [-0.4, -0.2) is 26.6 Å². The van der Waals surface area contributed by atoms with E-state index in [2.05, 4.69) is 15.5 Å². The van der Waals surface area contributed by atoms with Crippen LogP contribution in [0.4, 0.5) is 5.69 Å². The standard InChI is InChI=1S/C9H14N4O3/c1-5-7(13(15)16)6(12-11-5)8(14)10-9(2,3)4/h1-4H3,(H,10,14)(H,11,12). The van der Waals surface area contributed by atoms with Crippen LogP contribution in [0.15, 0.2) is 0 Å². The third-order valence-electron chi connectivity index (χ3n) is 1.80. The van der Waals surface area contributed by atoms with Crippen molar-refractivity contribution in [2.24, 2.45) is 0 Å². The minimum atomic E-state index is -0.615. The van der Waals surface area contributed by atoms with Crippen LogP contribution in [0.3, 0.4) is 0 Å². The Kier molecular flexibility index (Phi) is 2.97. The molecule has 0 saturated heterocycles. The van der Waals surface area contributed by atoms with E-state index in [4.69, 9.17) is 0 Å². The van der Waals surface area contributed by atoms with Crippen LogP contribution < -0.4 is 5.32 Å². The number of carbonyl (C=O) groups excluding carboxylic acids is 1. The van der Waals surface area contributed by atoms with Crippen LogP contribution in [0.5, 0.6) is 0 Å². The van der Waals surface area contributed by atoms with E-state index in [0.717, 1.165) is 0 Å². The monoisotopic (exact) mass is 226 g/mol. The Balaban J connectivity index is 3.05. The lowest BCUT2D eigenvalue weighted by atomic mass is 10.1. The van der Waals surface area contributed by atoms with Crippen molar-refractivity contribution in [3.8, 4) is 0 Å². The second-order valence-corrected chi connectivity index (χ2v) is 4.51.